The minimum atomic E-state index is -0.182. The molecule has 25 heavy (non-hydrogen) atoms. The maximum absolute atomic E-state index is 12.6. The van der Waals surface area contributed by atoms with Gasteiger partial charge in [-0.2, -0.15) is 0 Å². The van der Waals surface area contributed by atoms with Crippen LogP contribution in [0.15, 0.2) is 16.5 Å². The highest BCUT2D eigenvalue weighted by atomic mass is 16.5. The van der Waals surface area contributed by atoms with Crippen LogP contribution in [0.25, 0.3) is 0 Å². The van der Waals surface area contributed by atoms with Gasteiger partial charge in [-0.25, -0.2) is 0 Å². The van der Waals surface area contributed by atoms with Crippen molar-refractivity contribution in [3.05, 3.63) is 23.7 Å². The van der Waals surface area contributed by atoms with Crippen LogP contribution >= 0.6 is 0 Å². The molecule has 2 N–H and O–H groups in total. The van der Waals surface area contributed by atoms with Crippen molar-refractivity contribution in [2.45, 2.75) is 71.1 Å². The van der Waals surface area contributed by atoms with E-state index in [1.54, 1.807) is 12.1 Å². The van der Waals surface area contributed by atoms with Crippen molar-refractivity contribution in [3.8, 4) is 0 Å². The number of carbonyl (C=O) groups is 2. The summed E-state index contributed by atoms with van der Waals surface area (Å²) in [5.74, 6) is 0.566. The second-order valence-electron chi connectivity index (χ2n) is 7.18. The van der Waals surface area contributed by atoms with Crippen molar-refractivity contribution < 1.29 is 18.7 Å². The van der Waals surface area contributed by atoms with Crippen LogP contribution < -0.4 is 10.6 Å². The molecule has 0 saturated heterocycles. The van der Waals surface area contributed by atoms with Crippen LogP contribution in [-0.2, 0) is 16.1 Å². The van der Waals surface area contributed by atoms with Crippen molar-refractivity contribution in [3.63, 3.8) is 0 Å². The number of amides is 2. The van der Waals surface area contributed by atoms with Crippen LogP contribution in [0.3, 0.4) is 0 Å². The highest BCUT2D eigenvalue weighted by molar-refractivity contribution is 5.91. The van der Waals surface area contributed by atoms with Gasteiger partial charge in [-0.05, 0) is 38.3 Å². The fourth-order valence-electron chi connectivity index (χ4n) is 4.30. The Labute approximate surface area is 148 Å². The summed E-state index contributed by atoms with van der Waals surface area (Å²) in [5.41, 5.74) is 0.0928. The monoisotopic (exact) mass is 348 g/mol. The van der Waals surface area contributed by atoms with Crippen molar-refractivity contribution in [1.82, 2.24) is 10.6 Å². The number of hydrogen-bond acceptors (Lipinski definition) is 4. The van der Waals surface area contributed by atoms with Gasteiger partial charge in [0, 0.05) is 25.0 Å². The maximum Gasteiger partial charge on any atom is 0.287 e. The number of rotatable bonds is 6. The van der Waals surface area contributed by atoms with Gasteiger partial charge in [-0.15, -0.1) is 0 Å². The Morgan fingerprint density at radius 2 is 2.04 bits per heavy atom. The zero-order valence-electron chi connectivity index (χ0n) is 15.1. The summed E-state index contributed by atoms with van der Waals surface area (Å²) in [4.78, 5) is 23.5. The SMILES string of the molecule is CCO[C@H]1C[C@@H](NC(=O)c2ccc(CNC(C)=O)o2)C12CCCCC2. The number of carbonyl (C=O) groups excluding carboxylic acids is 2. The molecule has 1 heterocycles. The molecule has 6 heteroatoms. The normalized spacial score (nSPS) is 24.6. The van der Waals surface area contributed by atoms with Gasteiger partial charge in [0.25, 0.3) is 5.91 Å². The lowest BCUT2D eigenvalue weighted by molar-refractivity contribution is -0.147. The molecule has 0 aliphatic heterocycles. The van der Waals surface area contributed by atoms with Gasteiger partial charge < -0.3 is 19.8 Å². The second kappa shape index (κ2) is 7.60. The van der Waals surface area contributed by atoms with Gasteiger partial charge in [-0.1, -0.05) is 19.3 Å². The molecule has 2 amide bonds. The van der Waals surface area contributed by atoms with Gasteiger partial charge in [-0.3, -0.25) is 9.59 Å². The molecule has 138 valence electrons. The first-order valence-electron chi connectivity index (χ1n) is 9.31. The van der Waals surface area contributed by atoms with Crippen LogP contribution in [0.2, 0.25) is 0 Å². The largest absolute Gasteiger partial charge is 0.454 e. The molecule has 0 aromatic carbocycles. The first-order chi connectivity index (χ1) is 12.0. The van der Waals surface area contributed by atoms with E-state index < -0.39 is 0 Å². The molecule has 0 bridgehead atoms. The Bertz CT molecular complexity index is 619. The molecule has 2 aliphatic rings. The minimum Gasteiger partial charge on any atom is -0.454 e. The molecule has 0 radical (unpaired) electrons. The summed E-state index contributed by atoms with van der Waals surface area (Å²) < 4.78 is 11.5. The Morgan fingerprint density at radius 1 is 1.28 bits per heavy atom. The topological polar surface area (TPSA) is 80.6 Å². The standard InChI is InChI=1S/C19H28N2O4/c1-3-24-17-11-16(19(17)9-5-4-6-10-19)21-18(23)15-8-7-14(25-15)12-20-13(2)22/h7-8,16-17H,3-6,9-12H2,1-2H3,(H,20,22)(H,21,23)/t16-,17+/m1/s1. The lowest BCUT2D eigenvalue weighted by atomic mass is 9.55. The van der Waals surface area contributed by atoms with Crippen molar-refractivity contribution in [2.75, 3.05) is 6.61 Å². The average Bonchev–Trinajstić information content (AvgIpc) is 3.09. The minimum absolute atomic E-state index is 0.0928. The zero-order valence-corrected chi connectivity index (χ0v) is 15.1. The van der Waals surface area contributed by atoms with E-state index >= 15 is 0 Å². The Morgan fingerprint density at radius 3 is 2.72 bits per heavy atom. The predicted molar refractivity (Wildman–Crippen MR) is 93.0 cm³/mol. The van der Waals surface area contributed by atoms with Gasteiger partial charge >= 0.3 is 0 Å². The molecule has 1 aromatic heterocycles. The van der Waals surface area contributed by atoms with E-state index in [1.807, 2.05) is 6.92 Å². The molecule has 3 rings (SSSR count). The van der Waals surface area contributed by atoms with Crippen molar-refractivity contribution >= 4 is 11.8 Å². The highest BCUT2D eigenvalue weighted by Crippen LogP contribution is 2.53. The summed E-state index contributed by atoms with van der Waals surface area (Å²) in [6, 6.07) is 3.55. The van der Waals surface area contributed by atoms with E-state index in [-0.39, 0.29) is 29.4 Å². The van der Waals surface area contributed by atoms with Gasteiger partial charge in [0.1, 0.15) is 5.76 Å². The predicted octanol–water partition coefficient (Wildman–Crippen LogP) is 2.77. The molecule has 2 fully saturated rings. The van der Waals surface area contributed by atoms with E-state index in [0.717, 1.165) is 25.9 Å². The van der Waals surface area contributed by atoms with Crippen LogP contribution in [0.5, 0.6) is 0 Å². The quantitative estimate of drug-likeness (QED) is 0.828. The third-order valence-electron chi connectivity index (χ3n) is 5.64. The molecular formula is C19H28N2O4. The van der Waals surface area contributed by atoms with Crippen molar-refractivity contribution in [1.29, 1.82) is 0 Å². The first-order valence-corrected chi connectivity index (χ1v) is 9.31. The van der Waals surface area contributed by atoms with E-state index in [4.69, 9.17) is 9.15 Å². The molecular weight excluding hydrogens is 320 g/mol. The molecule has 2 saturated carbocycles. The van der Waals surface area contributed by atoms with Gasteiger partial charge in [0.2, 0.25) is 5.91 Å². The summed E-state index contributed by atoms with van der Waals surface area (Å²) in [5, 5.41) is 5.82. The fourth-order valence-corrected chi connectivity index (χ4v) is 4.30. The summed E-state index contributed by atoms with van der Waals surface area (Å²) in [7, 11) is 0. The highest BCUT2D eigenvalue weighted by Gasteiger charge is 2.56. The molecule has 2 atom stereocenters. The van der Waals surface area contributed by atoms with Crippen LogP contribution in [0.1, 0.15) is 68.7 Å². The van der Waals surface area contributed by atoms with Crippen molar-refractivity contribution in [2.24, 2.45) is 5.41 Å². The second-order valence-corrected chi connectivity index (χ2v) is 7.18. The molecule has 1 aromatic rings. The molecule has 1 spiro atoms. The van der Waals surface area contributed by atoms with Crippen LogP contribution in [0.4, 0.5) is 0 Å². The lowest BCUT2D eigenvalue weighted by Crippen LogP contribution is -2.65. The molecule has 6 nitrogen and oxygen atoms in total. The maximum atomic E-state index is 12.6. The lowest BCUT2D eigenvalue weighted by Gasteiger charge is -2.57. The third kappa shape index (κ3) is 3.73. The molecule has 2 aliphatic carbocycles. The number of furan rings is 1. The van der Waals surface area contributed by atoms with E-state index in [2.05, 4.69) is 10.6 Å². The van der Waals surface area contributed by atoms with E-state index in [9.17, 15) is 9.59 Å². The van der Waals surface area contributed by atoms with Gasteiger partial charge in [0.05, 0.1) is 12.6 Å². The summed E-state index contributed by atoms with van der Waals surface area (Å²) in [6.07, 6.45) is 7.05. The average molecular weight is 348 g/mol. The molecule has 0 unspecified atom stereocenters. The Hall–Kier alpha value is -1.82. The Kier molecular flexibility index (Phi) is 5.47. The summed E-state index contributed by atoms with van der Waals surface area (Å²) >= 11 is 0. The van der Waals surface area contributed by atoms with Crippen LogP contribution in [0, 0.1) is 5.41 Å². The smallest absolute Gasteiger partial charge is 0.287 e. The summed E-state index contributed by atoms with van der Waals surface area (Å²) in [6.45, 7) is 4.49. The number of ether oxygens (including phenoxy) is 1. The van der Waals surface area contributed by atoms with Gasteiger partial charge in [0.15, 0.2) is 5.76 Å². The van der Waals surface area contributed by atoms with E-state index in [0.29, 0.717) is 18.1 Å². The third-order valence-corrected chi connectivity index (χ3v) is 5.64. The van der Waals surface area contributed by atoms with Crippen LogP contribution in [-0.4, -0.2) is 30.6 Å². The number of nitrogens with one attached hydrogen (secondary N) is 2. The number of hydrogen-bond donors (Lipinski definition) is 2. The van der Waals surface area contributed by atoms with E-state index in [1.165, 1.54) is 26.2 Å². The fraction of sp³-hybridized carbons (Fsp3) is 0.684. The first kappa shape index (κ1) is 18.0. The Balaban J connectivity index is 1.61. The zero-order chi connectivity index (χ0) is 17.9.